The van der Waals surface area contributed by atoms with Crippen molar-refractivity contribution in [2.75, 3.05) is 0 Å². The molecule has 0 aromatic heterocycles. The molecule has 1 aliphatic carbocycles. The Morgan fingerprint density at radius 2 is 1.94 bits per heavy atom. The SMILES string of the molecule is CCC(C)(C)NC(=O)C(C)OC1CCC(O)CC1. The molecule has 0 bridgehead atoms. The fourth-order valence-corrected chi connectivity index (χ4v) is 2.06. The molecule has 1 amide bonds. The molecule has 0 heterocycles. The second-order valence-corrected chi connectivity index (χ2v) is 5.94. The maximum atomic E-state index is 12.0. The van der Waals surface area contributed by atoms with E-state index in [0.717, 1.165) is 32.1 Å². The monoisotopic (exact) mass is 257 g/mol. The minimum absolute atomic E-state index is 0.0482. The summed E-state index contributed by atoms with van der Waals surface area (Å²) < 4.78 is 5.77. The van der Waals surface area contributed by atoms with Crippen LogP contribution in [0.3, 0.4) is 0 Å². The van der Waals surface area contributed by atoms with Crippen LogP contribution in [-0.2, 0) is 9.53 Å². The highest BCUT2D eigenvalue weighted by molar-refractivity contribution is 5.81. The molecule has 1 fully saturated rings. The van der Waals surface area contributed by atoms with Gasteiger partial charge in [0.1, 0.15) is 6.10 Å². The minimum Gasteiger partial charge on any atom is -0.393 e. The summed E-state index contributed by atoms with van der Waals surface area (Å²) >= 11 is 0. The molecular formula is C14H27NO3. The van der Waals surface area contributed by atoms with Gasteiger partial charge in [-0.05, 0) is 52.9 Å². The van der Waals surface area contributed by atoms with Gasteiger partial charge in [-0.3, -0.25) is 4.79 Å². The number of carbonyl (C=O) groups excluding carboxylic acids is 1. The summed E-state index contributed by atoms with van der Waals surface area (Å²) in [5.74, 6) is -0.0482. The number of rotatable bonds is 5. The van der Waals surface area contributed by atoms with Gasteiger partial charge in [0.2, 0.25) is 5.91 Å². The van der Waals surface area contributed by atoms with Gasteiger partial charge >= 0.3 is 0 Å². The first-order valence-corrected chi connectivity index (χ1v) is 6.99. The average molecular weight is 257 g/mol. The molecule has 18 heavy (non-hydrogen) atoms. The van der Waals surface area contributed by atoms with Gasteiger partial charge in [0.05, 0.1) is 12.2 Å². The fraction of sp³-hybridized carbons (Fsp3) is 0.929. The van der Waals surface area contributed by atoms with Crippen molar-refractivity contribution in [3.05, 3.63) is 0 Å². The summed E-state index contributed by atoms with van der Waals surface area (Å²) in [6.07, 6.45) is 3.63. The molecule has 1 unspecified atom stereocenters. The lowest BCUT2D eigenvalue weighted by Crippen LogP contribution is -2.48. The number of amides is 1. The summed E-state index contributed by atoms with van der Waals surface area (Å²) in [5.41, 5.74) is -0.183. The van der Waals surface area contributed by atoms with Crippen LogP contribution in [0.25, 0.3) is 0 Å². The summed E-state index contributed by atoms with van der Waals surface area (Å²) in [4.78, 5) is 12.0. The van der Waals surface area contributed by atoms with Gasteiger partial charge in [0.25, 0.3) is 0 Å². The summed E-state index contributed by atoms with van der Waals surface area (Å²) in [5, 5.41) is 12.4. The van der Waals surface area contributed by atoms with E-state index in [1.165, 1.54) is 0 Å². The first kappa shape index (κ1) is 15.4. The first-order chi connectivity index (χ1) is 8.34. The molecule has 4 nitrogen and oxygen atoms in total. The minimum atomic E-state index is -0.420. The van der Waals surface area contributed by atoms with Crippen molar-refractivity contribution in [1.29, 1.82) is 0 Å². The second kappa shape index (κ2) is 6.53. The second-order valence-electron chi connectivity index (χ2n) is 5.94. The van der Waals surface area contributed by atoms with Gasteiger partial charge in [0.15, 0.2) is 0 Å². The number of aliphatic hydroxyl groups excluding tert-OH is 1. The molecule has 106 valence electrons. The quantitative estimate of drug-likeness (QED) is 0.792. The van der Waals surface area contributed by atoms with Crippen LogP contribution in [0.4, 0.5) is 0 Å². The van der Waals surface area contributed by atoms with Crippen molar-refractivity contribution in [3.63, 3.8) is 0 Å². The van der Waals surface area contributed by atoms with Gasteiger partial charge in [-0.25, -0.2) is 0 Å². The van der Waals surface area contributed by atoms with Crippen LogP contribution in [0.5, 0.6) is 0 Å². The molecule has 0 aromatic carbocycles. The maximum Gasteiger partial charge on any atom is 0.249 e. The zero-order chi connectivity index (χ0) is 13.8. The lowest BCUT2D eigenvalue weighted by molar-refractivity contribution is -0.139. The number of carbonyl (C=O) groups is 1. The number of aliphatic hydroxyl groups is 1. The Balaban J connectivity index is 2.36. The van der Waals surface area contributed by atoms with Gasteiger partial charge in [0, 0.05) is 5.54 Å². The Labute approximate surface area is 110 Å². The lowest BCUT2D eigenvalue weighted by atomic mass is 9.95. The molecule has 0 radical (unpaired) electrons. The number of nitrogens with one attached hydrogen (secondary N) is 1. The Bertz CT molecular complexity index is 270. The Morgan fingerprint density at radius 3 is 2.44 bits per heavy atom. The molecule has 0 aliphatic heterocycles. The van der Waals surface area contributed by atoms with Crippen LogP contribution in [0.1, 0.15) is 59.8 Å². The van der Waals surface area contributed by atoms with Crippen molar-refractivity contribution in [3.8, 4) is 0 Å². The highest BCUT2D eigenvalue weighted by Crippen LogP contribution is 2.22. The number of hydrogen-bond acceptors (Lipinski definition) is 3. The van der Waals surface area contributed by atoms with E-state index < -0.39 is 6.10 Å². The Kier molecular flexibility index (Phi) is 5.60. The normalized spacial score (nSPS) is 26.7. The van der Waals surface area contributed by atoms with E-state index in [2.05, 4.69) is 5.32 Å². The van der Waals surface area contributed by atoms with Crippen molar-refractivity contribution in [2.45, 2.75) is 83.6 Å². The van der Waals surface area contributed by atoms with E-state index in [1.54, 1.807) is 6.92 Å². The number of hydrogen-bond donors (Lipinski definition) is 2. The molecule has 0 aromatic rings. The molecule has 1 saturated carbocycles. The first-order valence-electron chi connectivity index (χ1n) is 6.99. The van der Waals surface area contributed by atoms with E-state index in [9.17, 15) is 9.90 Å². The van der Waals surface area contributed by atoms with E-state index in [1.807, 2.05) is 20.8 Å². The van der Waals surface area contributed by atoms with Crippen LogP contribution in [0.15, 0.2) is 0 Å². The van der Waals surface area contributed by atoms with E-state index >= 15 is 0 Å². The standard InChI is InChI=1S/C14H27NO3/c1-5-14(3,4)15-13(17)10(2)18-12-8-6-11(16)7-9-12/h10-12,16H,5-9H2,1-4H3,(H,15,17). The molecule has 0 spiro atoms. The number of ether oxygens (including phenoxy) is 1. The highest BCUT2D eigenvalue weighted by Gasteiger charge is 2.26. The van der Waals surface area contributed by atoms with E-state index in [0.29, 0.717) is 0 Å². The molecule has 1 atom stereocenters. The third-order valence-corrected chi connectivity index (χ3v) is 3.76. The Morgan fingerprint density at radius 1 is 1.39 bits per heavy atom. The van der Waals surface area contributed by atoms with Gasteiger partial charge in [-0.15, -0.1) is 0 Å². The van der Waals surface area contributed by atoms with Crippen molar-refractivity contribution in [2.24, 2.45) is 0 Å². The molecule has 0 saturated heterocycles. The van der Waals surface area contributed by atoms with E-state index in [-0.39, 0.29) is 23.7 Å². The zero-order valence-electron chi connectivity index (χ0n) is 12.0. The van der Waals surface area contributed by atoms with Crippen LogP contribution < -0.4 is 5.32 Å². The van der Waals surface area contributed by atoms with Crippen molar-refractivity contribution >= 4 is 5.91 Å². The molecule has 1 rings (SSSR count). The van der Waals surface area contributed by atoms with Crippen LogP contribution in [0.2, 0.25) is 0 Å². The summed E-state index contributed by atoms with van der Waals surface area (Å²) in [7, 11) is 0. The van der Waals surface area contributed by atoms with E-state index in [4.69, 9.17) is 4.74 Å². The van der Waals surface area contributed by atoms with Crippen molar-refractivity contribution < 1.29 is 14.6 Å². The third-order valence-electron chi connectivity index (χ3n) is 3.76. The predicted octanol–water partition coefficient (Wildman–Crippen LogP) is 2.00. The predicted molar refractivity (Wildman–Crippen MR) is 71.3 cm³/mol. The summed E-state index contributed by atoms with van der Waals surface area (Å²) in [6.45, 7) is 7.86. The third kappa shape index (κ3) is 4.94. The molecule has 2 N–H and O–H groups in total. The van der Waals surface area contributed by atoms with Gasteiger partial charge < -0.3 is 15.2 Å². The van der Waals surface area contributed by atoms with Crippen molar-refractivity contribution in [1.82, 2.24) is 5.32 Å². The lowest BCUT2D eigenvalue weighted by Gasteiger charge is -2.30. The van der Waals surface area contributed by atoms with Gasteiger partial charge in [-0.2, -0.15) is 0 Å². The molecular weight excluding hydrogens is 230 g/mol. The average Bonchev–Trinajstić information content (AvgIpc) is 2.31. The van der Waals surface area contributed by atoms with Gasteiger partial charge in [-0.1, -0.05) is 6.92 Å². The summed E-state index contributed by atoms with van der Waals surface area (Å²) in [6, 6.07) is 0. The molecule has 4 heteroatoms. The Hall–Kier alpha value is -0.610. The van der Waals surface area contributed by atoms with Crippen LogP contribution >= 0.6 is 0 Å². The largest absolute Gasteiger partial charge is 0.393 e. The smallest absolute Gasteiger partial charge is 0.249 e. The topological polar surface area (TPSA) is 58.6 Å². The molecule has 1 aliphatic rings. The highest BCUT2D eigenvalue weighted by atomic mass is 16.5. The zero-order valence-corrected chi connectivity index (χ0v) is 12.0. The van der Waals surface area contributed by atoms with Crippen LogP contribution in [0, 0.1) is 0 Å². The fourth-order valence-electron chi connectivity index (χ4n) is 2.06. The maximum absolute atomic E-state index is 12.0. The van der Waals surface area contributed by atoms with Crippen LogP contribution in [-0.4, -0.2) is 34.9 Å².